The predicted octanol–water partition coefficient (Wildman–Crippen LogP) is 1.46. The number of nitro groups is 1. The molecule has 1 rings (SSSR count). The Morgan fingerprint density at radius 1 is 1.50 bits per heavy atom. The van der Waals surface area contributed by atoms with E-state index in [1.165, 1.54) is 0 Å². The van der Waals surface area contributed by atoms with Gasteiger partial charge in [0.2, 0.25) is 5.82 Å². The van der Waals surface area contributed by atoms with Crippen LogP contribution in [0, 0.1) is 10.1 Å². The number of carboxylic acid groups (broad SMARTS) is 1. The first kappa shape index (κ1) is 20.4. The Labute approximate surface area is 127 Å². The van der Waals surface area contributed by atoms with Gasteiger partial charge in [-0.1, -0.05) is 12.2 Å². The average molecular weight is 325 g/mol. The van der Waals surface area contributed by atoms with Crippen molar-refractivity contribution < 1.29 is 14.8 Å². The zero-order chi connectivity index (χ0) is 13.5. The Hall–Kier alpha value is -1.90. The molecule has 0 fully saturated rings. The Morgan fingerprint density at radius 2 is 2.15 bits per heavy atom. The van der Waals surface area contributed by atoms with E-state index in [2.05, 4.69) is 10.3 Å². The molecule has 0 aliphatic carbocycles. The maximum atomic E-state index is 10.8. The van der Waals surface area contributed by atoms with Crippen LogP contribution in [0.2, 0.25) is 0 Å². The van der Waals surface area contributed by atoms with E-state index in [0.29, 0.717) is 13.1 Å². The molecule has 0 radical (unpaired) electrons. The molecule has 0 aliphatic heterocycles. The first-order chi connectivity index (χ1) is 8.56. The van der Waals surface area contributed by atoms with Crippen molar-refractivity contribution in [3.05, 3.63) is 40.1 Å². The second-order valence-electron chi connectivity index (χ2n) is 3.24. The van der Waals surface area contributed by atoms with Crippen molar-refractivity contribution in [3.8, 4) is 0 Å². The molecule has 0 amide bonds. The number of nitrogens with two attached hydrogens (primary N) is 1. The summed E-state index contributed by atoms with van der Waals surface area (Å²) in [5.41, 5.74) is 4.63. The quantitative estimate of drug-likeness (QED) is 0.410. The van der Waals surface area contributed by atoms with E-state index >= 15 is 0 Å². The third-order valence-electron chi connectivity index (χ3n) is 2.00. The van der Waals surface area contributed by atoms with E-state index in [1.54, 1.807) is 12.2 Å². The van der Waals surface area contributed by atoms with E-state index < -0.39 is 10.9 Å². The van der Waals surface area contributed by atoms with E-state index in [-0.39, 0.29) is 41.9 Å². The van der Waals surface area contributed by atoms with Gasteiger partial charge in [0.25, 0.3) is 0 Å². The van der Waals surface area contributed by atoms with Gasteiger partial charge in [-0.05, 0) is 0 Å². The number of nitrogens with zero attached hydrogens (tertiary/aromatic N) is 2. The molecule has 20 heavy (non-hydrogen) atoms. The molecule has 0 aliphatic rings. The second-order valence-corrected chi connectivity index (χ2v) is 3.24. The minimum atomic E-state index is -1.26. The summed E-state index contributed by atoms with van der Waals surface area (Å²) in [5, 5.41) is 22.2. The van der Waals surface area contributed by atoms with Crippen molar-refractivity contribution in [1.82, 2.24) is 4.98 Å². The Kier molecular flexibility index (Phi) is 10.2. The Bertz CT molecular complexity index is 496. The fourth-order valence-electron chi connectivity index (χ4n) is 1.18. The van der Waals surface area contributed by atoms with Crippen LogP contribution in [0.25, 0.3) is 0 Å². The molecule has 4 N–H and O–H groups in total. The maximum absolute atomic E-state index is 10.8. The molecule has 8 nitrogen and oxygen atoms in total. The molecule has 0 unspecified atom stereocenters. The third-order valence-corrected chi connectivity index (χ3v) is 2.00. The highest BCUT2D eigenvalue weighted by Gasteiger charge is 2.18. The van der Waals surface area contributed by atoms with Crippen LogP contribution in [0.1, 0.15) is 10.4 Å². The molecule has 112 valence electrons. The summed E-state index contributed by atoms with van der Waals surface area (Å²) in [6, 6.07) is 0.963. The fourth-order valence-corrected chi connectivity index (χ4v) is 1.18. The molecule has 0 spiro atoms. The van der Waals surface area contributed by atoms with E-state index in [4.69, 9.17) is 10.8 Å². The fraction of sp³-hybridized carbons (Fsp3) is 0.200. The van der Waals surface area contributed by atoms with Gasteiger partial charge in [-0.3, -0.25) is 10.1 Å². The largest absolute Gasteiger partial charge is 0.478 e. The number of carbonyl (C=O) groups is 1. The first-order valence-corrected chi connectivity index (χ1v) is 5.03. The van der Waals surface area contributed by atoms with E-state index in [0.717, 1.165) is 12.3 Å². The molecular weight excluding hydrogens is 311 g/mol. The minimum absolute atomic E-state index is 0. The van der Waals surface area contributed by atoms with Crippen LogP contribution in [0.4, 0.5) is 11.5 Å². The monoisotopic (exact) mass is 324 g/mol. The summed E-state index contributed by atoms with van der Waals surface area (Å²) in [6.45, 7) is 0.687. The van der Waals surface area contributed by atoms with Gasteiger partial charge in [0.05, 0.1) is 10.5 Å². The van der Waals surface area contributed by atoms with Crippen LogP contribution in [0.5, 0.6) is 0 Å². The zero-order valence-electron chi connectivity index (χ0n) is 10.2. The van der Waals surface area contributed by atoms with Crippen LogP contribution < -0.4 is 11.1 Å². The number of pyridine rings is 1. The van der Waals surface area contributed by atoms with Gasteiger partial charge in [0.1, 0.15) is 0 Å². The number of hydrogen-bond donors (Lipinski definition) is 3. The second kappa shape index (κ2) is 9.96. The van der Waals surface area contributed by atoms with Crippen LogP contribution in [0.3, 0.4) is 0 Å². The lowest BCUT2D eigenvalue weighted by Gasteiger charge is -2.04. The van der Waals surface area contributed by atoms with Crippen molar-refractivity contribution >= 4 is 42.3 Å². The van der Waals surface area contributed by atoms with Crippen LogP contribution in [-0.2, 0) is 0 Å². The van der Waals surface area contributed by atoms with Crippen molar-refractivity contribution in [2.75, 3.05) is 18.4 Å². The number of aromatic nitrogens is 1. The number of anilines is 1. The van der Waals surface area contributed by atoms with Gasteiger partial charge < -0.3 is 16.2 Å². The molecule has 0 bridgehead atoms. The summed E-state index contributed by atoms with van der Waals surface area (Å²) in [5.74, 6) is -1.24. The van der Waals surface area contributed by atoms with Gasteiger partial charge in [-0.25, -0.2) is 9.78 Å². The van der Waals surface area contributed by atoms with Crippen molar-refractivity contribution in [2.45, 2.75) is 0 Å². The minimum Gasteiger partial charge on any atom is -0.478 e. The lowest BCUT2D eigenvalue weighted by molar-refractivity contribution is -0.384. The highest BCUT2D eigenvalue weighted by molar-refractivity contribution is 5.88. The molecule has 1 heterocycles. The van der Waals surface area contributed by atoms with Gasteiger partial charge >= 0.3 is 11.7 Å². The lowest BCUT2D eigenvalue weighted by atomic mass is 10.2. The standard InChI is InChI=1S/C10H12N4O4.2ClH/c11-3-1-2-4-12-9-8(14(17)18)5-7(6-13-9)10(15)16;;/h1-2,5-6H,3-4,11H2,(H,12,13)(H,15,16);2*1H/b2-1+;;. The summed E-state index contributed by atoms with van der Waals surface area (Å²) < 4.78 is 0. The zero-order valence-corrected chi connectivity index (χ0v) is 11.8. The molecular formula is C10H14Cl2N4O4. The Balaban J connectivity index is 0. The SMILES string of the molecule is Cl.Cl.NC/C=C/CNc1ncc(C(=O)O)cc1[N+](=O)[O-]. The molecule has 1 aromatic heterocycles. The van der Waals surface area contributed by atoms with Crippen molar-refractivity contribution in [1.29, 1.82) is 0 Å². The Morgan fingerprint density at radius 3 is 2.65 bits per heavy atom. The van der Waals surface area contributed by atoms with Gasteiger partial charge in [-0.15, -0.1) is 24.8 Å². The summed E-state index contributed by atoms with van der Waals surface area (Å²) in [6.07, 6.45) is 4.44. The molecule has 0 atom stereocenters. The average Bonchev–Trinajstić information content (AvgIpc) is 2.34. The summed E-state index contributed by atoms with van der Waals surface area (Å²) in [4.78, 5) is 24.5. The predicted molar refractivity (Wildman–Crippen MR) is 79.0 cm³/mol. The molecule has 10 heteroatoms. The number of carboxylic acids is 1. The van der Waals surface area contributed by atoms with Gasteiger partial charge in [0.15, 0.2) is 0 Å². The summed E-state index contributed by atoms with van der Waals surface area (Å²) in [7, 11) is 0. The summed E-state index contributed by atoms with van der Waals surface area (Å²) >= 11 is 0. The first-order valence-electron chi connectivity index (χ1n) is 5.03. The molecule has 0 saturated carbocycles. The normalized spacial score (nSPS) is 9.45. The van der Waals surface area contributed by atoms with Gasteiger partial charge in [0, 0.05) is 25.4 Å². The van der Waals surface area contributed by atoms with E-state index in [9.17, 15) is 14.9 Å². The molecule has 0 aromatic carbocycles. The number of hydrogen-bond acceptors (Lipinski definition) is 6. The molecule has 0 saturated heterocycles. The highest BCUT2D eigenvalue weighted by atomic mass is 35.5. The number of nitrogens with one attached hydrogen (secondary N) is 1. The lowest BCUT2D eigenvalue weighted by Crippen LogP contribution is -2.07. The third kappa shape index (κ3) is 5.83. The highest BCUT2D eigenvalue weighted by Crippen LogP contribution is 2.22. The van der Waals surface area contributed by atoms with Crippen LogP contribution in [0.15, 0.2) is 24.4 Å². The maximum Gasteiger partial charge on any atom is 0.337 e. The topological polar surface area (TPSA) is 131 Å². The van der Waals surface area contributed by atoms with Crippen LogP contribution in [-0.4, -0.2) is 34.1 Å². The smallest absolute Gasteiger partial charge is 0.337 e. The van der Waals surface area contributed by atoms with Crippen LogP contribution >= 0.6 is 24.8 Å². The van der Waals surface area contributed by atoms with Gasteiger partial charge in [-0.2, -0.15) is 0 Å². The number of rotatable bonds is 6. The van der Waals surface area contributed by atoms with E-state index in [1.807, 2.05) is 0 Å². The van der Waals surface area contributed by atoms with Crippen molar-refractivity contribution in [2.24, 2.45) is 5.73 Å². The molecule has 1 aromatic rings. The number of halogens is 2. The number of aromatic carboxylic acids is 1. The van der Waals surface area contributed by atoms with Crippen molar-refractivity contribution in [3.63, 3.8) is 0 Å².